The minimum atomic E-state index is -3.74. The maximum atomic E-state index is 13.6. The Hall–Kier alpha value is -2.18. The fourth-order valence-electron chi connectivity index (χ4n) is 5.48. The zero-order valence-corrected chi connectivity index (χ0v) is 26.3. The van der Waals surface area contributed by atoms with Crippen molar-refractivity contribution in [2.24, 2.45) is 11.8 Å². The highest BCUT2D eigenvalue weighted by Crippen LogP contribution is 2.31. The van der Waals surface area contributed by atoms with E-state index in [9.17, 15) is 26.4 Å². The number of benzene rings is 2. The molecule has 0 spiro atoms. The van der Waals surface area contributed by atoms with Gasteiger partial charge in [-0.2, -0.15) is 0 Å². The minimum Gasteiger partial charge on any atom is -0.312 e. The summed E-state index contributed by atoms with van der Waals surface area (Å²) in [5.41, 5.74) is 1.68. The Morgan fingerprint density at radius 3 is 2.20 bits per heavy atom. The van der Waals surface area contributed by atoms with Gasteiger partial charge < -0.3 is 9.80 Å². The highest BCUT2D eigenvalue weighted by Gasteiger charge is 2.40. The van der Waals surface area contributed by atoms with Crippen molar-refractivity contribution >= 4 is 60.6 Å². The van der Waals surface area contributed by atoms with Crippen LogP contribution < -0.4 is 4.90 Å². The lowest BCUT2D eigenvalue weighted by atomic mass is 9.90. The average molecular weight is 645 g/mol. The molecule has 1 unspecified atom stereocenters. The minimum absolute atomic E-state index is 0.159. The zero-order chi connectivity index (χ0) is 29.9. The molecule has 0 aliphatic carbocycles. The summed E-state index contributed by atoms with van der Waals surface area (Å²) in [4.78, 5) is 30.2. The van der Waals surface area contributed by atoms with Crippen LogP contribution in [0.2, 0.25) is 10.0 Å². The van der Waals surface area contributed by atoms with Crippen molar-refractivity contribution in [3.05, 3.63) is 58.1 Å². The fraction of sp³-hybridized carbons (Fsp3) is 0.500. The van der Waals surface area contributed by atoms with Crippen LogP contribution in [0.25, 0.3) is 0 Å². The van der Waals surface area contributed by atoms with Crippen LogP contribution in [0.3, 0.4) is 0 Å². The summed E-state index contributed by atoms with van der Waals surface area (Å²) >= 11 is 12.3. The summed E-state index contributed by atoms with van der Waals surface area (Å²) in [6, 6.07) is 12.0. The number of nitrogens with zero attached hydrogens (tertiary/aromatic N) is 3. The third-order valence-electron chi connectivity index (χ3n) is 7.75. The molecular formula is C28H35Cl2N3O6S2. The second-order valence-corrected chi connectivity index (χ2v) is 15.7. The van der Waals surface area contributed by atoms with Gasteiger partial charge in [-0.15, -0.1) is 0 Å². The fourth-order valence-corrected chi connectivity index (χ4v) is 7.30. The summed E-state index contributed by atoms with van der Waals surface area (Å²) in [6.45, 7) is 2.84. The molecule has 0 saturated carbocycles. The number of hydrogen-bond donors (Lipinski definition) is 0. The molecule has 0 aromatic heterocycles. The van der Waals surface area contributed by atoms with Gasteiger partial charge in [-0.1, -0.05) is 35.3 Å². The number of amides is 2. The first-order valence-corrected chi connectivity index (χ1v) is 18.0. The van der Waals surface area contributed by atoms with E-state index in [1.807, 2.05) is 12.1 Å². The third kappa shape index (κ3) is 8.22. The van der Waals surface area contributed by atoms with Gasteiger partial charge in [0.15, 0.2) is 9.84 Å². The average Bonchev–Trinajstić information content (AvgIpc) is 3.31. The molecule has 1 atom stereocenters. The Balaban J connectivity index is 1.33. The van der Waals surface area contributed by atoms with Crippen LogP contribution in [0.15, 0.2) is 47.4 Å². The number of piperidine rings is 1. The Morgan fingerprint density at radius 1 is 0.976 bits per heavy atom. The van der Waals surface area contributed by atoms with Crippen LogP contribution >= 0.6 is 23.2 Å². The predicted molar refractivity (Wildman–Crippen MR) is 161 cm³/mol. The van der Waals surface area contributed by atoms with Crippen molar-refractivity contribution in [2.75, 3.05) is 50.1 Å². The molecule has 13 heteroatoms. The largest absolute Gasteiger partial charge is 0.312 e. The van der Waals surface area contributed by atoms with Crippen LogP contribution in [-0.2, 0) is 35.9 Å². The van der Waals surface area contributed by atoms with Gasteiger partial charge >= 0.3 is 0 Å². The molecule has 2 aromatic rings. The van der Waals surface area contributed by atoms with E-state index < -0.39 is 31.7 Å². The number of sulfone groups is 1. The van der Waals surface area contributed by atoms with Gasteiger partial charge in [-0.25, -0.2) is 21.1 Å². The van der Waals surface area contributed by atoms with E-state index in [2.05, 4.69) is 4.90 Å². The van der Waals surface area contributed by atoms with Gasteiger partial charge in [-0.05, 0) is 87.1 Å². The highest BCUT2D eigenvalue weighted by molar-refractivity contribution is 7.90. The first kappa shape index (κ1) is 31.7. The summed E-state index contributed by atoms with van der Waals surface area (Å²) < 4.78 is 48.1. The number of carbonyl (C=O) groups excluding carboxylic acids is 2. The summed E-state index contributed by atoms with van der Waals surface area (Å²) in [6.07, 6.45) is 5.64. The van der Waals surface area contributed by atoms with E-state index in [1.165, 1.54) is 6.26 Å². The van der Waals surface area contributed by atoms with Crippen LogP contribution in [0.1, 0.15) is 31.2 Å². The molecule has 4 rings (SSSR count). The molecule has 2 saturated heterocycles. The maximum Gasteiger partial charge on any atom is 0.236 e. The second kappa shape index (κ2) is 13.0. The molecule has 2 fully saturated rings. The Bertz CT molecular complexity index is 1490. The first-order valence-electron chi connectivity index (χ1n) is 13.5. The second-order valence-electron chi connectivity index (χ2n) is 10.9. The lowest BCUT2D eigenvalue weighted by molar-refractivity contribution is -0.126. The number of anilines is 1. The number of rotatable bonds is 10. The zero-order valence-electron chi connectivity index (χ0n) is 23.1. The third-order valence-corrected chi connectivity index (χ3v) is 10.8. The van der Waals surface area contributed by atoms with Crippen molar-refractivity contribution in [1.29, 1.82) is 0 Å². The van der Waals surface area contributed by atoms with Crippen molar-refractivity contribution in [2.45, 2.75) is 37.0 Å². The number of likely N-dealkylation sites (tertiary alicyclic amines) is 1. The molecule has 0 bridgehead atoms. The van der Waals surface area contributed by atoms with Crippen molar-refractivity contribution in [3.63, 3.8) is 0 Å². The summed E-state index contributed by atoms with van der Waals surface area (Å²) in [5.74, 6) is -1.14. The molecule has 2 amide bonds. The van der Waals surface area contributed by atoms with Crippen LogP contribution in [0.5, 0.6) is 0 Å². The molecule has 0 N–H and O–H groups in total. The highest BCUT2D eigenvalue weighted by atomic mass is 35.5. The number of hydrogen-bond acceptors (Lipinski definition) is 7. The summed E-state index contributed by atoms with van der Waals surface area (Å²) in [7, 11) is -6.94. The quantitative estimate of drug-likeness (QED) is 0.386. The number of carbonyl (C=O) groups is 2. The maximum absolute atomic E-state index is 13.6. The van der Waals surface area contributed by atoms with E-state index in [4.69, 9.17) is 23.2 Å². The smallest absolute Gasteiger partial charge is 0.236 e. The van der Waals surface area contributed by atoms with Gasteiger partial charge in [0.1, 0.15) is 0 Å². The predicted octanol–water partition coefficient (Wildman–Crippen LogP) is 3.88. The van der Waals surface area contributed by atoms with Gasteiger partial charge in [0.2, 0.25) is 21.8 Å². The van der Waals surface area contributed by atoms with Crippen LogP contribution in [-0.4, -0.2) is 83.1 Å². The Labute approximate surface area is 252 Å². The molecule has 224 valence electrons. The molecule has 9 nitrogen and oxygen atoms in total. The standard InChI is InChI=1S/C28H35Cl2N3O6S2/c1-40(36,37)24-7-4-20(5-8-24)16-21-10-14-31(15-11-21)12-3-13-32(23-6-9-25(29)26(30)18-23)28(35)22-17-27(34)33(19-22)41(2,38)39/h4-9,18,21-22H,3,10-17,19H2,1-2H3. The Morgan fingerprint density at radius 2 is 1.63 bits per heavy atom. The Kier molecular flexibility index (Phi) is 10.1. The lowest BCUT2D eigenvalue weighted by Gasteiger charge is -2.33. The van der Waals surface area contributed by atoms with Gasteiger partial charge in [0, 0.05) is 31.5 Å². The number of sulfonamides is 1. The van der Waals surface area contributed by atoms with E-state index in [0.717, 1.165) is 55.0 Å². The first-order chi connectivity index (χ1) is 19.2. The van der Waals surface area contributed by atoms with Crippen molar-refractivity contribution < 1.29 is 26.4 Å². The molecule has 41 heavy (non-hydrogen) atoms. The molecule has 2 aliphatic rings. The van der Waals surface area contributed by atoms with Gasteiger partial charge in [0.05, 0.1) is 27.1 Å². The van der Waals surface area contributed by atoms with Crippen LogP contribution in [0.4, 0.5) is 5.69 Å². The SMILES string of the molecule is CS(=O)(=O)c1ccc(CC2CCN(CCCN(C(=O)C3CC(=O)N(S(C)(=O)=O)C3)c3ccc(Cl)c(Cl)c3)CC2)cc1. The molecule has 0 radical (unpaired) electrons. The van der Waals surface area contributed by atoms with Gasteiger partial charge in [-0.3, -0.25) is 9.59 Å². The summed E-state index contributed by atoms with van der Waals surface area (Å²) in [5, 5.41) is 0.659. The normalized spacial score (nSPS) is 19.1. The number of halogens is 2. The van der Waals surface area contributed by atoms with Crippen LogP contribution in [0, 0.1) is 11.8 Å². The lowest BCUT2D eigenvalue weighted by Crippen LogP contribution is -2.41. The van der Waals surface area contributed by atoms with E-state index in [1.54, 1.807) is 35.2 Å². The molecule has 2 aromatic carbocycles. The van der Waals surface area contributed by atoms with Crippen molar-refractivity contribution in [3.8, 4) is 0 Å². The monoisotopic (exact) mass is 643 g/mol. The van der Waals surface area contributed by atoms with E-state index in [0.29, 0.717) is 39.5 Å². The van der Waals surface area contributed by atoms with Gasteiger partial charge in [0.25, 0.3) is 0 Å². The molecule has 2 heterocycles. The van der Waals surface area contributed by atoms with E-state index >= 15 is 0 Å². The van der Waals surface area contributed by atoms with Crippen molar-refractivity contribution in [1.82, 2.24) is 9.21 Å². The molecule has 2 aliphatic heterocycles. The molecular weight excluding hydrogens is 609 g/mol. The van der Waals surface area contributed by atoms with E-state index in [-0.39, 0.29) is 18.9 Å². The topological polar surface area (TPSA) is 112 Å².